The number of carbonyl (C=O) groups excluding carboxylic acids is 1. The third-order valence-electron chi connectivity index (χ3n) is 2.10. The summed E-state index contributed by atoms with van der Waals surface area (Å²) in [7, 11) is 0. The fourth-order valence-electron chi connectivity index (χ4n) is 1.50. The Kier molecular flexibility index (Phi) is 4.02. The molecule has 0 aromatic heterocycles. The number of carbonyl (C=O) groups is 1. The van der Waals surface area contributed by atoms with Crippen LogP contribution in [0.5, 0.6) is 0 Å². The molecule has 1 aliphatic rings. The summed E-state index contributed by atoms with van der Waals surface area (Å²) in [6, 6.07) is 0.0396. The van der Waals surface area contributed by atoms with E-state index in [4.69, 9.17) is 4.74 Å². The van der Waals surface area contributed by atoms with E-state index in [1.807, 2.05) is 18.7 Å². The second-order valence-corrected chi connectivity index (χ2v) is 3.30. The molecule has 2 amide bonds. The molecule has 1 unspecified atom stereocenters. The van der Waals surface area contributed by atoms with E-state index in [0.29, 0.717) is 13.2 Å². The van der Waals surface area contributed by atoms with Gasteiger partial charge in [-0.2, -0.15) is 0 Å². The van der Waals surface area contributed by atoms with Crippen molar-refractivity contribution in [2.75, 3.05) is 26.2 Å². The monoisotopic (exact) mass is 186 g/mol. The summed E-state index contributed by atoms with van der Waals surface area (Å²) in [6.07, 6.45) is 1.17. The van der Waals surface area contributed by atoms with Crippen LogP contribution >= 0.6 is 0 Å². The van der Waals surface area contributed by atoms with Gasteiger partial charge in [0.25, 0.3) is 0 Å². The Morgan fingerprint density at radius 3 is 3.08 bits per heavy atom. The summed E-state index contributed by atoms with van der Waals surface area (Å²) in [5, 5.41) is 2.81. The van der Waals surface area contributed by atoms with Gasteiger partial charge in [0.15, 0.2) is 0 Å². The molecule has 76 valence electrons. The zero-order chi connectivity index (χ0) is 9.68. The van der Waals surface area contributed by atoms with Crippen LogP contribution in [0.1, 0.15) is 20.3 Å². The Morgan fingerprint density at radius 2 is 2.46 bits per heavy atom. The Balaban J connectivity index is 2.29. The number of nitrogens with zero attached hydrogens (tertiary/aromatic N) is 1. The van der Waals surface area contributed by atoms with E-state index >= 15 is 0 Å². The fourth-order valence-corrected chi connectivity index (χ4v) is 1.50. The van der Waals surface area contributed by atoms with Crippen molar-refractivity contribution in [3.05, 3.63) is 0 Å². The zero-order valence-electron chi connectivity index (χ0n) is 8.38. The molecule has 4 heteroatoms. The molecule has 0 bridgehead atoms. The molecule has 0 aromatic rings. The highest BCUT2D eigenvalue weighted by Crippen LogP contribution is 2.02. The van der Waals surface area contributed by atoms with Crippen LogP contribution in [0.3, 0.4) is 0 Å². The number of nitrogens with one attached hydrogen (secondary N) is 1. The average Bonchev–Trinajstić information content (AvgIpc) is 2.09. The lowest BCUT2D eigenvalue weighted by Crippen LogP contribution is -2.49. The van der Waals surface area contributed by atoms with Gasteiger partial charge in [0.2, 0.25) is 0 Å². The van der Waals surface area contributed by atoms with Gasteiger partial charge in [0.05, 0.1) is 6.10 Å². The second kappa shape index (κ2) is 5.07. The molecule has 1 aliphatic heterocycles. The maximum Gasteiger partial charge on any atom is 0.317 e. The minimum Gasteiger partial charge on any atom is -0.377 e. The summed E-state index contributed by atoms with van der Waals surface area (Å²) in [5.41, 5.74) is 0. The third kappa shape index (κ3) is 3.22. The summed E-state index contributed by atoms with van der Waals surface area (Å²) in [4.78, 5) is 13.1. The van der Waals surface area contributed by atoms with Crippen LogP contribution in [0, 0.1) is 0 Å². The number of hydrogen-bond acceptors (Lipinski definition) is 2. The Labute approximate surface area is 79.2 Å². The lowest BCUT2D eigenvalue weighted by Gasteiger charge is -2.29. The smallest absolute Gasteiger partial charge is 0.317 e. The minimum atomic E-state index is 0.0396. The first-order chi connectivity index (χ1) is 6.24. The summed E-state index contributed by atoms with van der Waals surface area (Å²) in [6.45, 7) is 7.01. The fraction of sp³-hybridized carbons (Fsp3) is 0.889. The van der Waals surface area contributed by atoms with Crippen molar-refractivity contribution in [1.29, 1.82) is 0 Å². The lowest BCUT2D eigenvalue weighted by atomic mass is 10.3. The van der Waals surface area contributed by atoms with E-state index in [2.05, 4.69) is 5.32 Å². The van der Waals surface area contributed by atoms with E-state index in [-0.39, 0.29) is 12.1 Å². The van der Waals surface area contributed by atoms with Gasteiger partial charge in [-0.25, -0.2) is 4.79 Å². The third-order valence-corrected chi connectivity index (χ3v) is 2.10. The van der Waals surface area contributed by atoms with Crippen molar-refractivity contribution >= 4 is 6.03 Å². The van der Waals surface area contributed by atoms with Gasteiger partial charge in [0, 0.05) is 26.2 Å². The average molecular weight is 186 g/mol. The SMILES string of the molecule is CCOC(C)CN1CCCNC1=O. The predicted octanol–water partition coefficient (Wildman–Crippen LogP) is 0.827. The molecule has 1 heterocycles. The number of hydrogen-bond donors (Lipinski definition) is 1. The maximum absolute atomic E-state index is 11.3. The molecule has 0 radical (unpaired) electrons. The topological polar surface area (TPSA) is 41.6 Å². The van der Waals surface area contributed by atoms with Crippen LogP contribution in [-0.4, -0.2) is 43.3 Å². The van der Waals surface area contributed by atoms with Gasteiger partial charge >= 0.3 is 6.03 Å². The molecule has 0 aromatic carbocycles. The van der Waals surface area contributed by atoms with E-state index in [1.54, 1.807) is 0 Å². The molecular formula is C9H18N2O2. The van der Waals surface area contributed by atoms with Gasteiger partial charge < -0.3 is 15.0 Å². The van der Waals surface area contributed by atoms with Gasteiger partial charge in [-0.15, -0.1) is 0 Å². The predicted molar refractivity (Wildman–Crippen MR) is 50.7 cm³/mol. The maximum atomic E-state index is 11.3. The largest absolute Gasteiger partial charge is 0.377 e. The van der Waals surface area contributed by atoms with Crippen molar-refractivity contribution < 1.29 is 9.53 Å². The summed E-state index contributed by atoms with van der Waals surface area (Å²) < 4.78 is 5.37. The van der Waals surface area contributed by atoms with E-state index in [9.17, 15) is 4.79 Å². The van der Waals surface area contributed by atoms with Gasteiger partial charge in [-0.05, 0) is 20.3 Å². The quantitative estimate of drug-likeness (QED) is 0.706. The molecule has 0 saturated carbocycles. The molecule has 0 spiro atoms. The molecule has 1 saturated heterocycles. The zero-order valence-corrected chi connectivity index (χ0v) is 8.38. The summed E-state index contributed by atoms with van der Waals surface area (Å²) in [5.74, 6) is 0. The second-order valence-electron chi connectivity index (χ2n) is 3.30. The van der Waals surface area contributed by atoms with Crippen molar-refractivity contribution in [3.63, 3.8) is 0 Å². The van der Waals surface area contributed by atoms with E-state index in [0.717, 1.165) is 19.5 Å². The lowest BCUT2D eigenvalue weighted by molar-refractivity contribution is 0.0509. The first-order valence-electron chi connectivity index (χ1n) is 4.88. The molecule has 4 nitrogen and oxygen atoms in total. The first-order valence-corrected chi connectivity index (χ1v) is 4.88. The van der Waals surface area contributed by atoms with E-state index in [1.165, 1.54) is 0 Å². The highest BCUT2D eigenvalue weighted by atomic mass is 16.5. The molecule has 1 atom stereocenters. The Hall–Kier alpha value is -0.770. The molecule has 1 N–H and O–H groups in total. The Bertz CT molecular complexity index is 173. The van der Waals surface area contributed by atoms with Gasteiger partial charge in [-0.3, -0.25) is 0 Å². The van der Waals surface area contributed by atoms with Crippen LogP contribution < -0.4 is 5.32 Å². The molecule has 0 aliphatic carbocycles. The minimum absolute atomic E-state index is 0.0396. The van der Waals surface area contributed by atoms with Crippen molar-refractivity contribution in [1.82, 2.24) is 10.2 Å². The van der Waals surface area contributed by atoms with Crippen LogP contribution in [0.25, 0.3) is 0 Å². The van der Waals surface area contributed by atoms with E-state index < -0.39 is 0 Å². The number of amides is 2. The number of ether oxygens (including phenoxy) is 1. The van der Waals surface area contributed by atoms with Crippen LogP contribution in [0.15, 0.2) is 0 Å². The normalized spacial score (nSPS) is 19.8. The molecule has 1 rings (SSSR count). The number of rotatable bonds is 4. The van der Waals surface area contributed by atoms with Crippen LogP contribution in [0.2, 0.25) is 0 Å². The van der Waals surface area contributed by atoms with Crippen molar-refractivity contribution in [3.8, 4) is 0 Å². The highest BCUT2D eigenvalue weighted by Gasteiger charge is 2.19. The van der Waals surface area contributed by atoms with Crippen LogP contribution in [-0.2, 0) is 4.74 Å². The number of urea groups is 1. The Morgan fingerprint density at radius 1 is 1.69 bits per heavy atom. The molecule has 1 fully saturated rings. The molecule has 13 heavy (non-hydrogen) atoms. The van der Waals surface area contributed by atoms with Gasteiger partial charge in [-0.1, -0.05) is 0 Å². The van der Waals surface area contributed by atoms with Crippen molar-refractivity contribution in [2.45, 2.75) is 26.4 Å². The molecular weight excluding hydrogens is 168 g/mol. The standard InChI is InChI=1S/C9H18N2O2/c1-3-13-8(2)7-11-6-4-5-10-9(11)12/h8H,3-7H2,1-2H3,(H,10,12). The first kappa shape index (κ1) is 10.3. The summed E-state index contributed by atoms with van der Waals surface area (Å²) >= 11 is 0. The van der Waals surface area contributed by atoms with Gasteiger partial charge in [0.1, 0.15) is 0 Å². The van der Waals surface area contributed by atoms with Crippen molar-refractivity contribution in [2.24, 2.45) is 0 Å². The van der Waals surface area contributed by atoms with Crippen LogP contribution in [0.4, 0.5) is 4.79 Å². The highest BCUT2D eigenvalue weighted by molar-refractivity contribution is 5.74.